The Morgan fingerprint density at radius 1 is 1.40 bits per heavy atom. The molecule has 0 saturated heterocycles. The SMILES string of the molecule is CCC(CO)NC(=O)CC(C)(C)C(=O)O. The Morgan fingerprint density at radius 3 is 2.27 bits per heavy atom. The molecule has 0 bridgehead atoms. The van der Waals surface area contributed by atoms with Crippen LogP contribution in [0.2, 0.25) is 0 Å². The maximum absolute atomic E-state index is 11.4. The van der Waals surface area contributed by atoms with Gasteiger partial charge in [-0.1, -0.05) is 6.92 Å². The molecule has 0 radical (unpaired) electrons. The fourth-order valence-electron chi connectivity index (χ4n) is 1.03. The van der Waals surface area contributed by atoms with Crippen molar-refractivity contribution in [2.45, 2.75) is 39.7 Å². The van der Waals surface area contributed by atoms with Crippen LogP contribution in [0.15, 0.2) is 0 Å². The number of aliphatic hydroxyl groups is 1. The number of hydrogen-bond acceptors (Lipinski definition) is 3. The Morgan fingerprint density at radius 2 is 1.93 bits per heavy atom. The van der Waals surface area contributed by atoms with E-state index in [9.17, 15) is 9.59 Å². The molecule has 3 N–H and O–H groups in total. The number of carboxylic acid groups (broad SMARTS) is 1. The van der Waals surface area contributed by atoms with Gasteiger partial charge in [-0.15, -0.1) is 0 Å². The average molecular weight is 217 g/mol. The van der Waals surface area contributed by atoms with Crippen molar-refractivity contribution in [1.29, 1.82) is 0 Å². The predicted octanol–water partition coefficient (Wildman–Crippen LogP) is 0.374. The van der Waals surface area contributed by atoms with E-state index in [0.717, 1.165) is 0 Å². The number of aliphatic hydroxyl groups excluding tert-OH is 1. The van der Waals surface area contributed by atoms with E-state index in [4.69, 9.17) is 10.2 Å². The van der Waals surface area contributed by atoms with Gasteiger partial charge in [0.2, 0.25) is 5.91 Å². The van der Waals surface area contributed by atoms with Crippen molar-refractivity contribution in [3.63, 3.8) is 0 Å². The molecule has 0 aromatic carbocycles. The van der Waals surface area contributed by atoms with E-state index in [-0.39, 0.29) is 25.0 Å². The fraction of sp³-hybridized carbons (Fsp3) is 0.800. The monoisotopic (exact) mass is 217 g/mol. The van der Waals surface area contributed by atoms with E-state index >= 15 is 0 Å². The highest BCUT2D eigenvalue weighted by Crippen LogP contribution is 2.20. The Balaban J connectivity index is 4.20. The van der Waals surface area contributed by atoms with E-state index in [1.807, 2.05) is 6.92 Å². The van der Waals surface area contributed by atoms with Gasteiger partial charge in [-0.05, 0) is 20.3 Å². The summed E-state index contributed by atoms with van der Waals surface area (Å²) in [4.78, 5) is 22.2. The number of rotatable bonds is 6. The number of aliphatic carboxylic acids is 1. The third-order valence-corrected chi connectivity index (χ3v) is 2.26. The molecule has 15 heavy (non-hydrogen) atoms. The number of amides is 1. The lowest BCUT2D eigenvalue weighted by Gasteiger charge is -2.20. The van der Waals surface area contributed by atoms with Crippen molar-refractivity contribution in [3.8, 4) is 0 Å². The van der Waals surface area contributed by atoms with Gasteiger partial charge in [-0.3, -0.25) is 9.59 Å². The van der Waals surface area contributed by atoms with Gasteiger partial charge in [0.15, 0.2) is 0 Å². The largest absolute Gasteiger partial charge is 0.481 e. The highest BCUT2D eigenvalue weighted by atomic mass is 16.4. The summed E-state index contributed by atoms with van der Waals surface area (Å²) in [5, 5.41) is 20.2. The van der Waals surface area contributed by atoms with Gasteiger partial charge in [-0.2, -0.15) is 0 Å². The molecule has 0 aliphatic carbocycles. The minimum atomic E-state index is -1.07. The number of nitrogens with one attached hydrogen (secondary N) is 1. The van der Waals surface area contributed by atoms with E-state index < -0.39 is 11.4 Å². The second-order valence-corrected chi connectivity index (χ2v) is 4.22. The third kappa shape index (κ3) is 4.78. The van der Waals surface area contributed by atoms with Crippen molar-refractivity contribution in [2.24, 2.45) is 5.41 Å². The molecule has 0 aromatic heterocycles. The van der Waals surface area contributed by atoms with Crippen molar-refractivity contribution in [3.05, 3.63) is 0 Å². The Labute approximate surface area is 89.5 Å². The lowest BCUT2D eigenvalue weighted by atomic mass is 9.89. The molecule has 5 nitrogen and oxygen atoms in total. The second-order valence-electron chi connectivity index (χ2n) is 4.22. The maximum atomic E-state index is 11.4. The summed E-state index contributed by atoms with van der Waals surface area (Å²) in [6.45, 7) is 4.70. The molecule has 0 rings (SSSR count). The van der Waals surface area contributed by atoms with Crippen LogP contribution in [-0.4, -0.2) is 34.7 Å². The molecule has 1 atom stereocenters. The number of carbonyl (C=O) groups excluding carboxylic acids is 1. The van der Waals surface area contributed by atoms with E-state index in [2.05, 4.69) is 5.32 Å². The first-order valence-electron chi connectivity index (χ1n) is 4.97. The van der Waals surface area contributed by atoms with E-state index in [1.54, 1.807) is 0 Å². The molecule has 1 unspecified atom stereocenters. The van der Waals surface area contributed by atoms with Crippen LogP contribution < -0.4 is 5.32 Å². The van der Waals surface area contributed by atoms with Crippen molar-refractivity contribution in [2.75, 3.05) is 6.61 Å². The molecule has 1 amide bonds. The van der Waals surface area contributed by atoms with Crippen molar-refractivity contribution in [1.82, 2.24) is 5.32 Å². The minimum Gasteiger partial charge on any atom is -0.481 e. The molecule has 0 heterocycles. The molecule has 88 valence electrons. The van der Waals surface area contributed by atoms with Gasteiger partial charge in [-0.25, -0.2) is 0 Å². The lowest BCUT2D eigenvalue weighted by molar-refractivity contribution is -0.149. The van der Waals surface area contributed by atoms with Gasteiger partial charge in [0.1, 0.15) is 0 Å². The normalized spacial score (nSPS) is 13.3. The molecule has 5 heteroatoms. The van der Waals surface area contributed by atoms with Crippen LogP contribution in [0.1, 0.15) is 33.6 Å². The van der Waals surface area contributed by atoms with Gasteiger partial charge >= 0.3 is 5.97 Å². The van der Waals surface area contributed by atoms with E-state index in [1.165, 1.54) is 13.8 Å². The summed E-state index contributed by atoms with van der Waals surface area (Å²) in [5.41, 5.74) is -1.07. The van der Waals surface area contributed by atoms with Crippen LogP contribution in [0, 0.1) is 5.41 Å². The first-order chi connectivity index (χ1) is 6.83. The molecule has 0 fully saturated rings. The summed E-state index contributed by atoms with van der Waals surface area (Å²) in [5.74, 6) is -1.35. The second kappa shape index (κ2) is 5.70. The summed E-state index contributed by atoms with van der Waals surface area (Å²) >= 11 is 0. The average Bonchev–Trinajstić information content (AvgIpc) is 2.13. The molecule has 0 spiro atoms. The van der Waals surface area contributed by atoms with E-state index in [0.29, 0.717) is 6.42 Å². The smallest absolute Gasteiger partial charge is 0.309 e. The Kier molecular flexibility index (Phi) is 5.28. The molecule has 0 saturated carbocycles. The van der Waals surface area contributed by atoms with Gasteiger partial charge < -0.3 is 15.5 Å². The topological polar surface area (TPSA) is 86.6 Å². The first kappa shape index (κ1) is 13.9. The Bertz CT molecular complexity index is 234. The zero-order valence-electron chi connectivity index (χ0n) is 9.41. The zero-order valence-corrected chi connectivity index (χ0v) is 9.41. The van der Waals surface area contributed by atoms with Gasteiger partial charge in [0.25, 0.3) is 0 Å². The predicted molar refractivity (Wildman–Crippen MR) is 55.3 cm³/mol. The number of carbonyl (C=O) groups is 2. The summed E-state index contributed by atoms with van der Waals surface area (Å²) in [7, 11) is 0. The summed E-state index contributed by atoms with van der Waals surface area (Å²) < 4.78 is 0. The number of carboxylic acids is 1. The van der Waals surface area contributed by atoms with Gasteiger partial charge in [0, 0.05) is 6.42 Å². The van der Waals surface area contributed by atoms with Crippen LogP contribution in [-0.2, 0) is 9.59 Å². The fourth-order valence-corrected chi connectivity index (χ4v) is 1.03. The molecule has 0 aliphatic heterocycles. The van der Waals surface area contributed by atoms with Crippen molar-refractivity contribution < 1.29 is 19.8 Å². The van der Waals surface area contributed by atoms with Crippen LogP contribution in [0.25, 0.3) is 0 Å². The van der Waals surface area contributed by atoms with Crippen LogP contribution in [0.5, 0.6) is 0 Å². The van der Waals surface area contributed by atoms with Gasteiger partial charge in [0.05, 0.1) is 18.1 Å². The molecular weight excluding hydrogens is 198 g/mol. The quantitative estimate of drug-likeness (QED) is 0.600. The highest BCUT2D eigenvalue weighted by molar-refractivity contribution is 5.84. The minimum absolute atomic E-state index is 0.0845. The maximum Gasteiger partial charge on any atom is 0.309 e. The lowest BCUT2D eigenvalue weighted by Crippen LogP contribution is -2.40. The summed E-state index contributed by atoms with van der Waals surface area (Å²) in [6.07, 6.45) is 0.536. The number of hydrogen-bond donors (Lipinski definition) is 3. The zero-order chi connectivity index (χ0) is 12.1. The first-order valence-corrected chi connectivity index (χ1v) is 4.97. The highest BCUT2D eigenvalue weighted by Gasteiger charge is 2.30. The van der Waals surface area contributed by atoms with Crippen LogP contribution >= 0.6 is 0 Å². The van der Waals surface area contributed by atoms with Crippen LogP contribution in [0.3, 0.4) is 0 Å². The summed E-state index contributed by atoms with van der Waals surface area (Å²) in [6, 6.07) is -0.290. The third-order valence-electron chi connectivity index (χ3n) is 2.26. The molecule has 0 aliphatic rings. The van der Waals surface area contributed by atoms with Crippen molar-refractivity contribution >= 4 is 11.9 Å². The van der Waals surface area contributed by atoms with Crippen LogP contribution in [0.4, 0.5) is 0 Å². The standard InChI is InChI=1S/C10H19NO4/c1-4-7(6-12)11-8(13)5-10(2,3)9(14)15/h7,12H,4-6H2,1-3H3,(H,11,13)(H,14,15). The molecule has 0 aromatic rings. The molecular formula is C10H19NO4. The Hall–Kier alpha value is -1.10.